The summed E-state index contributed by atoms with van der Waals surface area (Å²) in [7, 11) is 0. The Bertz CT molecular complexity index is 336. The fraction of sp³-hybridized carbons (Fsp3) is 0.538. The molecule has 0 spiro atoms. The fourth-order valence-electron chi connectivity index (χ4n) is 1.40. The third-order valence-electron chi connectivity index (χ3n) is 2.43. The number of pyridine rings is 1. The van der Waals surface area contributed by atoms with Crippen molar-refractivity contribution in [3.8, 4) is 0 Å². The van der Waals surface area contributed by atoms with Crippen LogP contribution in [0.2, 0.25) is 0 Å². The van der Waals surface area contributed by atoms with Gasteiger partial charge in [0, 0.05) is 6.20 Å². The van der Waals surface area contributed by atoms with E-state index in [9.17, 15) is 4.79 Å². The van der Waals surface area contributed by atoms with Gasteiger partial charge in [0.25, 0.3) is 0 Å². The van der Waals surface area contributed by atoms with Gasteiger partial charge in [0.15, 0.2) is 0 Å². The summed E-state index contributed by atoms with van der Waals surface area (Å²) in [6.45, 7) is 3.03. The lowest BCUT2D eigenvalue weighted by Gasteiger charge is -2.04. The van der Waals surface area contributed by atoms with Gasteiger partial charge in [-0.2, -0.15) is 0 Å². The lowest BCUT2D eigenvalue weighted by atomic mass is 10.1. The zero-order chi connectivity index (χ0) is 12.5. The van der Waals surface area contributed by atoms with Gasteiger partial charge in [0.1, 0.15) is 5.69 Å². The summed E-state index contributed by atoms with van der Waals surface area (Å²) >= 11 is 0. The van der Waals surface area contributed by atoms with E-state index in [4.69, 9.17) is 10.5 Å². The van der Waals surface area contributed by atoms with Gasteiger partial charge in [0.05, 0.1) is 6.61 Å². The quantitative estimate of drug-likeness (QED) is 0.580. The van der Waals surface area contributed by atoms with Gasteiger partial charge in [-0.15, -0.1) is 0 Å². The molecule has 0 amide bonds. The number of nitrogens with zero attached hydrogens (tertiary/aromatic N) is 1. The Balaban J connectivity index is 2.46. The largest absolute Gasteiger partial charge is 0.461 e. The predicted molar refractivity (Wildman–Crippen MR) is 66.8 cm³/mol. The molecule has 17 heavy (non-hydrogen) atoms. The number of unbranched alkanes of at least 4 members (excludes halogenated alkanes) is 1. The molecule has 0 saturated heterocycles. The number of aryl methyl sites for hydroxylation is 1. The van der Waals surface area contributed by atoms with Crippen LogP contribution in [-0.4, -0.2) is 24.1 Å². The monoisotopic (exact) mass is 236 g/mol. The van der Waals surface area contributed by atoms with Crippen molar-refractivity contribution in [2.45, 2.75) is 32.6 Å². The average Bonchev–Trinajstić information content (AvgIpc) is 2.37. The van der Waals surface area contributed by atoms with E-state index in [1.165, 1.54) is 0 Å². The number of nitrogens with two attached hydrogens (primary N) is 1. The summed E-state index contributed by atoms with van der Waals surface area (Å²) in [5.41, 5.74) is 6.83. The third kappa shape index (κ3) is 4.95. The molecule has 0 bridgehead atoms. The molecule has 1 aromatic rings. The van der Waals surface area contributed by atoms with Crippen LogP contribution in [0, 0.1) is 0 Å². The predicted octanol–water partition coefficient (Wildman–Crippen LogP) is 1.93. The summed E-state index contributed by atoms with van der Waals surface area (Å²) in [4.78, 5) is 15.6. The van der Waals surface area contributed by atoms with Crippen LogP contribution in [0.25, 0.3) is 0 Å². The highest BCUT2D eigenvalue weighted by atomic mass is 16.5. The van der Waals surface area contributed by atoms with E-state index in [2.05, 4.69) is 11.9 Å². The third-order valence-corrected chi connectivity index (χ3v) is 2.43. The lowest BCUT2D eigenvalue weighted by molar-refractivity contribution is 0.0496. The zero-order valence-corrected chi connectivity index (χ0v) is 10.3. The van der Waals surface area contributed by atoms with E-state index in [-0.39, 0.29) is 5.97 Å². The summed E-state index contributed by atoms with van der Waals surface area (Å²) in [6, 6.07) is 3.65. The molecule has 0 aliphatic carbocycles. The van der Waals surface area contributed by atoms with Crippen molar-refractivity contribution in [3.05, 3.63) is 29.6 Å². The Kier molecular flexibility index (Phi) is 6.25. The molecule has 1 aromatic heterocycles. The Morgan fingerprint density at radius 3 is 2.82 bits per heavy atom. The first-order chi connectivity index (χ1) is 8.27. The number of ether oxygens (including phenoxy) is 1. The summed E-state index contributed by atoms with van der Waals surface area (Å²) < 4.78 is 5.01. The van der Waals surface area contributed by atoms with Gasteiger partial charge in [-0.3, -0.25) is 0 Å². The summed E-state index contributed by atoms with van der Waals surface area (Å²) in [5, 5.41) is 0. The van der Waals surface area contributed by atoms with Crippen LogP contribution < -0.4 is 5.73 Å². The highest BCUT2D eigenvalue weighted by Gasteiger charge is 2.07. The molecule has 94 valence electrons. The molecule has 0 radical (unpaired) electrons. The molecule has 0 aliphatic heterocycles. The van der Waals surface area contributed by atoms with Crippen LogP contribution in [0.4, 0.5) is 0 Å². The number of hydrogen-bond donors (Lipinski definition) is 1. The number of rotatable bonds is 7. The van der Waals surface area contributed by atoms with Gasteiger partial charge < -0.3 is 10.5 Å². The Hall–Kier alpha value is -1.42. The normalized spacial score (nSPS) is 10.2. The molecule has 0 unspecified atom stereocenters. The minimum atomic E-state index is -0.375. The first-order valence-corrected chi connectivity index (χ1v) is 6.10. The number of esters is 1. The number of aromatic nitrogens is 1. The van der Waals surface area contributed by atoms with Gasteiger partial charge in [-0.25, -0.2) is 9.78 Å². The van der Waals surface area contributed by atoms with Crippen LogP contribution in [0.1, 0.15) is 42.2 Å². The zero-order valence-electron chi connectivity index (χ0n) is 10.3. The smallest absolute Gasteiger partial charge is 0.356 e. The number of carbonyl (C=O) groups is 1. The van der Waals surface area contributed by atoms with Crippen LogP contribution >= 0.6 is 0 Å². The topological polar surface area (TPSA) is 65.2 Å². The van der Waals surface area contributed by atoms with Crippen molar-refractivity contribution >= 4 is 5.97 Å². The van der Waals surface area contributed by atoms with Gasteiger partial charge >= 0.3 is 5.97 Å². The highest BCUT2D eigenvalue weighted by molar-refractivity contribution is 5.87. The van der Waals surface area contributed by atoms with E-state index >= 15 is 0 Å². The summed E-state index contributed by atoms with van der Waals surface area (Å²) in [5.74, 6) is -0.375. The molecular weight excluding hydrogens is 216 g/mol. The second-order valence-corrected chi connectivity index (χ2v) is 3.93. The fourth-order valence-corrected chi connectivity index (χ4v) is 1.40. The molecule has 0 saturated carbocycles. The minimum Gasteiger partial charge on any atom is -0.461 e. The SMILES string of the molecule is CCCCc1ccc(C(=O)OCCCN)nc1. The second-order valence-electron chi connectivity index (χ2n) is 3.93. The first-order valence-electron chi connectivity index (χ1n) is 6.10. The van der Waals surface area contributed by atoms with Crippen molar-refractivity contribution in [2.24, 2.45) is 5.73 Å². The number of carbonyl (C=O) groups excluding carboxylic acids is 1. The molecule has 0 aliphatic rings. The average molecular weight is 236 g/mol. The maximum absolute atomic E-state index is 11.5. The highest BCUT2D eigenvalue weighted by Crippen LogP contribution is 2.06. The molecule has 0 aromatic carbocycles. The lowest BCUT2D eigenvalue weighted by Crippen LogP contribution is -2.11. The molecule has 2 N–H and O–H groups in total. The van der Waals surface area contributed by atoms with Gasteiger partial charge in [0.2, 0.25) is 0 Å². The van der Waals surface area contributed by atoms with Crippen LogP contribution in [0.5, 0.6) is 0 Å². The van der Waals surface area contributed by atoms with E-state index in [0.717, 1.165) is 24.8 Å². The van der Waals surface area contributed by atoms with Gasteiger partial charge in [-0.05, 0) is 37.4 Å². The van der Waals surface area contributed by atoms with E-state index < -0.39 is 0 Å². The first kappa shape index (κ1) is 13.6. The van der Waals surface area contributed by atoms with Crippen molar-refractivity contribution in [1.29, 1.82) is 0 Å². The standard InChI is InChI=1S/C13H20N2O2/c1-2-3-5-11-6-7-12(15-10-11)13(16)17-9-4-8-14/h6-7,10H,2-5,8-9,14H2,1H3. The molecule has 0 fully saturated rings. The summed E-state index contributed by atoms with van der Waals surface area (Å²) in [6.07, 6.45) is 5.73. The number of hydrogen-bond acceptors (Lipinski definition) is 4. The Morgan fingerprint density at radius 1 is 1.41 bits per heavy atom. The van der Waals surface area contributed by atoms with E-state index in [1.54, 1.807) is 12.3 Å². The molecule has 4 heteroatoms. The minimum absolute atomic E-state index is 0.356. The Labute approximate surface area is 102 Å². The van der Waals surface area contributed by atoms with Crippen molar-refractivity contribution in [3.63, 3.8) is 0 Å². The van der Waals surface area contributed by atoms with Crippen molar-refractivity contribution in [2.75, 3.05) is 13.2 Å². The van der Waals surface area contributed by atoms with Crippen molar-refractivity contribution < 1.29 is 9.53 Å². The van der Waals surface area contributed by atoms with Gasteiger partial charge in [-0.1, -0.05) is 19.4 Å². The van der Waals surface area contributed by atoms with Crippen LogP contribution in [-0.2, 0) is 11.2 Å². The maximum atomic E-state index is 11.5. The Morgan fingerprint density at radius 2 is 2.24 bits per heavy atom. The van der Waals surface area contributed by atoms with E-state index in [0.29, 0.717) is 25.3 Å². The second kappa shape index (κ2) is 7.79. The molecule has 0 atom stereocenters. The van der Waals surface area contributed by atoms with Crippen LogP contribution in [0.3, 0.4) is 0 Å². The molecule has 4 nitrogen and oxygen atoms in total. The van der Waals surface area contributed by atoms with Crippen molar-refractivity contribution in [1.82, 2.24) is 4.98 Å². The van der Waals surface area contributed by atoms with Crippen LogP contribution in [0.15, 0.2) is 18.3 Å². The van der Waals surface area contributed by atoms with E-state index in [1.807, 2.05) is 6.07 Å². The molecule has 1 heterocycles. The maximum Gasteiger partial charge on any atom is 0.356 e. The molecular formula is C13H20N2O2. The molecule has 1 rings (SSSR count).